The third-order valence-corrected chi connectivity index (χ3v) is 5.72. The van der Waals surface area contributed by atoms with Crippen LogP contribution in [0.5, 0.6) is 0 Å². The van der Waals surface area contributed by atoms with E-state index in [1.54, 1.807) is 0 Å². The van der Waals surface area contributed by atoms with Gasteiger partial charge >= 0.3 is 6.09 Å². The highest BCUT2D eigenvalue weighted by atomic mass is 16.6. The van der Waals surface area contributed by atoms with Crippen LogP contribution in [0, 0.1) is 0 Å². The number of carbonyl (C=O) groups is 2. The van der Waals surface area contributed by atoms with Gasteiger partial charge in [-0.15, -0.1) is 0 Å². The van der Waals surface area contributed by atoms with Crippen LogP contribution in [0.1, 0.15) is 38.7 Å². The number of hydrogen-bond acceptors (Lipinski definition) is 6. The van der Waals surface area contributed by atoms with Crippen LogP contribution in [-0.4, -0.2) is 57.5 Å². The summed E-state index contributed by atoms with van der Waals surface area (Å²) in [5.74, 6) is 0.521. The van der Waals surface area contributed by atoms with E-state index in [1.165, 1.54) is 6.20 Å². The maximum absolute atomic E-state index is 12.9. The van der Waals surface area contributed by atoms with E-state index in [0.29, 0.717) is 30.4 Å². The van der Waals surface area contributed by atoms with Gasteiger partial charge in [0.05, 0.1) is 47.7 Å². The van der Waals surface area contributed by atoms with Crippen LogP contribution in [0.3, 0.4) is 0 Å². The van der Waals surface area contributed by atoms with E-state index in [2.05, 4.69) is 25.5 Å². The normalized spacial score (nSPS) is 18.5. The van der Waals surface area contributed by atoms with Gasteiger partial charge in [-0.3, -0.25) is 15.2 Å². The van der Waals surface area contributed by atoms with Gasteiger partial charge in [0.25, 0.3) is 0 Å². The molecule has 0 radical (unpaired) electrons. The average molecular weight is 424 g/mol. The van der Waals surface area contributed by atoms with E-state index in [0.717, 1.165) is 28.7 Å². The van der Waals surface area contributed by atoms with E-state index >= 15 is 0 Å². The molecule has 2 aliphatic heterocycles. The summed E-state index contributed by atoms with van der Waals surface area (Å²) in [6, 6.07) is 4.02. The van der Waals surface area contributed by atoms with E-state index < -0.39 is 6.09 Å². The molecule has 5 rings (SSSR count). The summed E-state index contributed by atoms with van der Waals surface area (Å²) < 4.78 is 10.3. The summed E-state index contributed by atoms with van der Waals surface area (Å²) in [7, 11) is 0. The Hall–Kier alpha value is -3.40. The Labute approximate surface area is 178 Å². The highest BCUT2D eigenvalue weighted by Crippen LogP contribution is 2.42. The Bertz CT molecular complexity index is 1160. The van der Waals surface area contributed by atoms with Gasteiger partial charge < -0.3 is 19.4 Å². The fourth-order valence-corrected chi connectivity index (χ4v) is 4.15. The zero-order valence-electron chi connectivity index (χ0n) is 17.6. The van der Waals surface area contributed by atoms with Crippen molar-refractivity contribution in [2.24, 2.45) is 0 Å². The van der Waals surface area contributed by atoms with Crippen LogP contribution in [0.4, 0.5) is 16.2 Å². The van der Waals surface area contributed by atoms with Crippen molar-refractivity contribution in [1.29, 1.82) is 0 Å². The zero-order valence-corrected chi connectivity index (χ0v) is 17.6. The summed E-state index contributed by atoms with van der Waals surface area (Å²) in [4.78, 5) is 34.8. The molecule has 4 heterocycles. The molecule has 162 valence electrons. The molecular formula is C21H24N6O4. The van der Waals surface area contributed by atoms with Crippen molar-refractivity contribution in [2.75, 3.05) is 23.4 Å². The van der Waals surface area contributed by atoms with E-state index in [9.17, 15) is 9.59 Å². The lowest BCUT2D eigenvalue weighted by molar-refractivity contribution is -0.119. The topological polar surface area (TPSA) is 125 Å². The van der Waals surface area contributed by atoms with Crippen molar-refractivity contribution in [1.82, 2.24) is 20.2 Å². The zero-order chi connectivity index (χ0) is 21.7. The summed E-state index contributed by atoms with van der Waals surface area (Å²) in [6.07, 6.45) is 1.46. The predicted molar refractivity (Wildman–Crippen MR) is 114 cm³/mol. The maximum Gasteiger partial charge on any atom is 0.412 e. The lowest BCUT2D eigenvalue weighted by Crippen LogP contribution is -2.38. The second-order valence-corrected chi connectivity index (χ2v) is 8.12. The Balaban J connectivity index is 1.47. The molecule has 3 N–H and O–H groups in total. The van der Waals surface area contributed by atoms with Gasteiger partial charge in [0.2, 0.25) is 5.91 Å². The van der Waals surface area contributed by atoms with Crippen LogP contribution in [0.25, 0.3) is 22.6 Å². The molecule has 1 atom stereocenters. The molecule has 0 bridgehead atoms. The molecule has 2 amide bonds. The van der Waals surface area contributed by atoms with Gasteiger partial charge in [0.1, 0.15) is 5.69 Å². The van der Waals surface area contributed by atoms with Crippen LogP contribution in [0.15, 0.2) is 18.3 Å². The Morgan fingerprint density at radius 2 is 2.19 bits per heavy atom. The van der Waals surface area contributed by atoms with E-state index in [1.807, 2.05) is 37.8 Å². The van der Waals surface area contributed by atoms with E-state index in [-0.39, 0.29) is 24.0 Å². The first-order valence-electron chi connectivity index (χ1n) is 10.4. The lowest BCUT2D eigenvalue weighted by Gasteiger charge is -2.25. The summed E-state index contributed by atoms with van der Waals surface area (Å²) in [6.45, 7) is 6.87. The number of carbonyl (C=O) groups excluding carboxylic acids is 2. The van der Waals surface area contributed by atoms with Crippen LogP contribution in [-0.2, 0) is 14.3 Å². The molecule has 1 aromatic carbocycles. The Morgan fingerprint density at radius 1 is 1.39 bits per heavy atom. The number of benzene rings is 1. The second-order valence-electron chi connectivity index (χ2n) is 8.12. The summed E-state index contributed by atoms with van der Waals surface area (Å²) in [5.41, 5.74) is 4.48. The van der Waals surface area contributed by atoms with Gasteiger partial charge in [-0.25, -0.2) is 9.78 Å². The van der Waals surface area contributed by atoms with Gasteiger partial charge in [0.15, 0.2) is 11.9 Å². The van der Waals surface area contributed by atoms with Crippen LogP contribution < -0.4 is 10.2 Å². The number of hydrogen-bond donors (Lipinski definition) is 3. The van der Waals surface area contributed by atoms with Crippen molar-refractivity contribution in [2.45, 2.75) is 45.3 Å². The highest BCUT2D eigenvalue weighted by Gasteiger charge is 2.38. The SMILES string of the molecule is CCC1C(=O)N(C(C)C)c2cc3nc(-c4[nH]ncc4NC(=O)OC4COC4)[nH]c3cc21. The fraction of sp³-hybridized carbons (Fsp3) is 0.429. The molecule has 1 unspecified atom stereocenters. The van der Waals surface area contributed by atoms with E-state index in [4.69, 9.17) is 9.47 Å². The Morgan fingerprint density at radius 3 is 2.87 bits per heavy atom. The molecule has 0 aliphatic carbocycles. The minimum Gasteiger partial charge on any atom is -0.441 e. The molecule has 10 nitrogen and oxygen atoms in total. The first-order chi connectivity index (χ1) is 15.0. The van der Waals surface area contributed by atoms with Crippen molar-refractivity contribution in [3.05, 3.63) is 23.9 Å². The number of nitrogens with zero attached hydrogens (tertiary/aromatic N) is 3. The van der Waals surface area contributed by atoms with Crippen molar-refractivity contribution < 1.29 is 19.1 Å². The number of aromatic nitrogens is 4. The quantitative estimate of drug-likeness (QED) is 0.578. The molecule has 0 spiro atoms. The number of nitrogens with one attached hydrogen (secondary N) is 3. The second kappa shape index (κ2) is 7.38. The monoisotopic (exact) mass is 424 g/mol. The lowest BCUT2D eigenvalue weighted by atomic mass is 9.98. The summed E-state index contributed by atoms with van der Waals surface area (Å²) >= 11 is 0. The maximum atomic E-state index is 12.9. The predicted octanol–water partition coefficient (Wildman–Crippen LogP) is 3.15. The standard InChI is InChI=1S/C21H24N6O4/c1-4-12-13-5-14-15(6-17(13)27(10(2)3)20(12)28)24-19(23-14)18-16(7-22-26-18)25-21(29)31-11-8-30-9-11/h5-7,10-12H,4,8-9H2,1-3H3,(H,22,26)(H,23,24)(H,25,29). The summed E-state index contributed by atoms with van der Waals surface area (Å²) in [5, 5.41) is 9.61. The third kappa shape index (κ3) is 3.23. The smallest absolute Gasteiger partial charge is 0.412 e. The number of rotatable bonds is 5. The fourth-order valence-electron chi connectivity index (χ4n) is 4.15. The van der Waals surface area contributed by atoms with Gasteiger partial charge in [-0.1, -0.05) is 6.92 Å². The van der Waals surface area contributed by atoms with Crippen molar-refractivity contribution in [3.8, 4) is 11.5 Å². The number of imidazole rings is 1. The largest absolute Gasteiger partial charge is 0.441 e. The molecule has 31 heavy (non-hydrogen) atoms. The number of aromatic amines is 2. The number of anilines is 2. The molecule has 10 heteroatoms. The molecule has 1 saturated heterocycles. The molecule has 0 saturated carbocycles. The first kappa shape index (κ1) is 19.6. The highest BCUT2D eigenvalue weighted by molar-refractivity contribution is 6.07. The minimum absolute atomic E-state index is 0.0640. The first-order valence-corrected chi connectivity index (χ1v) is 10.4. The minimum atomic E-state index is -0.567. The average Bonchev–Trinajstić information content (AvgIpc) is 3.37. The van der Waals surface area contributed by atoms with Crippen LogP contribution >= 0.6 is 0 Å². The van der Waals surface area contributed by atoms with Crippen molar-refractivity contribution >= 4 is 34.4 Å². The molecule has 3 aromatic rings. The molecule has 2 aromatic heterocycles. The van der Waals surface area contributed by atoms with Gasteiger partial charge in [-0.2, -0.15) is 5.10 Å². The number of H-pyrrole nitrogens is 2. The molecular weight excluding hydrogens is 400 g/mol. The van der Waals surface area contributed by atoms with Gasteiger partial charge in [0, 0.05) is 6.04 Å². The van der Waals surface area contributed by atoms with Crippen LogP contribution in [0.2, 0.25) is 0 Å². The molecule has 2 aliphatic rings. The number of ether oxygens (including phenoxy) is 2. The number of fused-ring (bicyclic) bond motifs is 2. The van der Waals surface area contributed by atoms with Gasteiger partial charge in [-0.05, 0) is 38.0 Å². The number of amides is 2. The molecule has 1 fully saturated rings. The van der Waals surface area contributed by atoms with Crippen molar-refractivity contribution in [3.63, 3.8) is 0 Å². The Kier molecular flexibility index (Phi) is 4.66. The third-order valence-electron chi connectivity index (χ3n) is 5.72.